The van der Waals surface area contributed by atoms with Crippen molar-refractivity contribution in [1.29, 1.82) is 0 Å². The first-order valence-electron chi connectivity index (χ1n) is 29.4. The van der Waals surface area contributed by atoms with E-state index in [4.69, 9.17) is 28.4 Å². The molecule has 0 spiro atoms. The topological polar surface area (TPSA) is 234 Å². The lowest BCUT2D eigenvalue weighted by Gasteiger charge is -2.34. The Labute approximate surface area is 487 Å². The number of hydrogen-bond acceptors (Lipinski definition) is 15. The maximum Gasteiger partial charge on any atom is 0.344 e. The van der Waals surface area contributed by atoms with Gasteiger partial charge in [-0.05, 0) is 133 Å². The first-order valence-corrected chi connectivity index (χ1v) is 29.4. The highest BCUT2D eigenvalue weighted by Crippen LogP contribution is 2.37. The third kappa shape index (κ3) is 20.0. The van der Waals surface area contributed by atoms with Crippen molar-refractivity contribution in [1.82, 2.24) is 20.0 Å². The number of benzene rings is 2. The van der Waals surface area contributed by atoms with Crippen LogP contribution in [0.3, 0.4) is 0 Å². The van der Waals surface area contributed by atoms with Crippen LogP contribution in [0.5, 0.6) is 0 Å². The molecule has 8 atom stereocenters. The van der Waals surface area contributed by atoms with Gasteiger partial charge in [0.2, 0.25) is 0 Å². The second kappa shape index (κ2) is 29.6. The molecule has 6 rings (SSSR count). The monoisotopic (exact) mass is 1170 g/mol. The van der Waals surface area contributed by atoms with E-state index in [1.165, 1.54) is 69.7 Å². The Bertz CT molecular complexity index is 2530. The molecule has 2 N–H and O–H groups in total. The van der Waals surface area contributed by atoms with Gasteiger partial charge < -0.3 is 53.5 Å². The van der Waals surface area contributed by atoms with Crippen LogP contribution < -0.4 is 5.32 Å². The summed E-state index contributed by atoms with van der Waals surface area (Å²) < 4.78 is 64.9. The highest BCUT2D eigenvalue weighted by molar-refractivity contribution is 5.93. The van der Waals surface area contributed by atoms with Crippen molar-refractivity contribution in [2.24, 2.45) is 11.8 Å². The maximum atomic E-state index is 15.9. The third-order valence-electron chi connectivity index (χ3n) is 16.3. The summed E-state index contributed by atoms with van der Waals surface area (Å²) in [7, 11) is 5.40. The van der Waals surface area contributed by atoms with Gasteiger partial charge in [0.25, 0.3) is 17.7 Å². The smallest absolute Gasteiger partial charge is 0.344 e. The molecule has 0 unspecified atom stereocenters. The normalized spacial score (nSPS) is 19.1. The zero-order valence-corrected chi connectivity index (χ0v) is 50.0. The largest absolute Gasteiger partial charge is 0.479 e. The molecule has 3 amide bonds. The number of alkyl halides is 2. The molecule has 0 aromatic heterocycles. The fraction of sp³-hybridized carbons (Fsp3) is 0.677. The van der Waals surface area contributed by atoms with E-state index >= 15 is 4.39 Å². The number of aliphatic carboxylic acids is 1. The minimum absolute atomic E-state index is 0.0178. The Morgan fingerprint density at radius 3 is 1.27 bits per heavy atom. The standard InChI is InChI=1S/C62H88F2N4O15/c1-37(80-58(75)48(31-39-11-12-39)66(8)54(70)51(82-57(74)47(65-7)35-61(3,4)63)33-41-15-19-43(20-16-41)45-23-27-78-28-24-45)53(69)68(10)50(36-62(5,6)64)60(77)83-52(34-42-17-21-44(22-18-42)46-25-29-79-30-26-46)55(71)67(9)49(32-40-13-14-40)59(76)81-38(2)56(72)73/h15-22,37-40,45-52,65H,11-14,23-36H2,1-10H3,(H,72,73)/t37-,38-,47+,48+,49+,50+,51-,52-/m1/s1. The van der Waals surface area contributed by atoms with Gasteiger partial charge in [-0.3, -0.25) is 19.2 Å². The van der Waals surface area contributed by atoms with E-state index in [0.29, 0.717) is 43.5 Å². The van der Waals surface area contributed by atoms with Gasteiger partial charge in [-0.2, -0.15) is 0 Å². The van der Waals surface area contributed by atoms with Crippen LogP contribution >= 0.6 is 0 Å². The lowest BCUT2D eigenvalue weighted by molar-refractivity contribution is -0.175. The molecule has 2 saturated carbocycles. The fourth-order valence-corrected chi connectivity index (χ4v) is 10.7. The molecule has 2 aliphatic heterocycles. The van der Waals surface area contributed by atoms with Crippen molar-refractivity contribution in [3.05, 3.63) is 70.8 Å². The molecule has 2 aromatic carbocycles. The first kappa shape index (κ1) is 66.1. The molecule has 0 bridgehead atoms. The summed E-state index contributed by atoms with van der Waals surface area (Å²) in [6, 6.07) is 9.71. The highest BCUT2D eigenvalue weighted by atomic mass is 19.1. The molecular formula is C62H88F2N4O15. The number of halogens is 2. The van der Waals surface area contributed by atoms with Gasteiger partial charge in [-0.25, -0.2) is 28.0 Å². The molecule has 19 nitrogen and oxygen atoms in total. The van der Waals surface area contributed by atoms with Crippen LogP contribution in [0.15, 0.2) is 48.5 Å². The lowest BCUT2D eigenvalue weighted by Crippen LogP contribution is -2.54. The fourth-order valence-electron chi connectivity index (χ4n) is 10.7. The Morgan fingerprint density at radius 2 is 0.904 bits per heavy atom. The Hall–Kier alpha value is -6.06. The molecule has 4 aliphatic rings. The third-order valence-corrected chi connectivity index (χ3v) is 16.3. The van der Waals surface area contributed by atoms with Crippen molar-refractivity contribution in [2.45, 2.75) is 203 Å². The van der Waals surface area contributed by atoms with Crippen molar-refractivity contribution >= 4 is 47.6 Å². The Morgan fingerprint density at radius 1 is 0.542 bits per heavy atom. The molecule has 2 aromatic rings. The van der Waals surface area contributed by atoms with E-state index in [9.17, 15) is 47.9 Å². The predicted octanol–water partition coefficient (Wildman–Crippen LogP) is 6.98. The number of esters is 4. The van der Waals surface area contributed by atoms with Crippen LogP contribution in [0.4, 0.5) is 8.78 Å². The number of amides is 3. The van der Waals surface area contributed by atoms with Gasteiger partial charge in [0.15, 0.2) is 24.4 Å². The quantitative estimate of drug-likeness (QED) is 0.0593. The van der Waals surface area contributed by atoms with Crippen LogP contribution in [0.1, 0.15) is 153 Å². The molecule has 460 valence electrons. The lowest BCUT2D eigenvalue weighted by atomic mass is 9.90. The van der Waals surface area contributed by atoms with E-state index in [1.807, 2.05) is 36.4 Å². The molecule has 2 aliphatic carbocycles. The van der Waals surface area contributed by atoms with Gasteiger partial charge in [-0.1, -0.05) is 74.2 Å². The summed E-state index contributed by atoms with van der Waals surface area (Å²) in [6.07, 6.45) is -0.741. The molecular weight excluding hydrogens is 1080 g/mol. The average molecular weight is 1170 g/mol. The van der Waals surface area contributed by atoms with E-state index < -0.39 is 114 Å². The van der Waals surface area contributed by atoms with Crippen LogP contribution in [0.25, 0.3) is 0 Å². The van der Waals surface area contributed by atoms with E-state index in [0.717, 1.165) is 77.2 Å². The van der Waals surface area contributed by atoms with Gasteiger partial charge >= 0.3 is 29.8 Å². The van der Waals surface area contributed by atoms with Gasteiger partial charge in [0, 0.05) is 73.3 Å². The van der Waals surface area contributed by atoms with Crippen LogP contribution in [-0.4, -0.2) is 182 Å². The minimum Gasteiger partial charge on any atom is -0.479 e. The van der Waals surface area contributed by atoms with Crippen LogP contribution in [-0.2, 0) is 79.6 Å². The minimum atomic E-state index is -2.12. The van der Waals surface area contributed by atoms with Crippen molar-refractivity contribution < 1.29 is 80.7 Å². The number of ether oxygens (including phenoxy) is 6. The summed E-state index contributed by atoms with van der Waals surface area (Å²) in [5.74, 6) is -7.28. The summed E-state index contributed by atoms with van der Waals surface area (Å²) >= 11 is 0. The second-order valence-electron chi connectivity index (χ2n) is 24.5. The Balaban J connectivity index is 1.22. The number of likely N-dealkylation sites (N-methyl/N-ethyl adjacent to an activating group) is 4. The van der Waals surface area contributed by atoms with Crippen LogP contribution in [0, 0.1) is 11.8 Å². The van der Waals surface area contributed by atoms with Gasteiger partial charge in [0.1, 0.15) is 35.5 Å². The van der Waals surface area contributed by atoms with E-state index in [2.05, 4.69) is 5.32 Å². The molecule has 2 heterocycles. The molecule has 0 radical (unpaired) electrons. The number of nitrogens with one attached hydrogen (secondary N) is 1. The molecule has 4 fully saturated rings. The summed E-state index contributed by atoms with van der Waals surface area (Å²) in [5, 5.41) is 12.3. The van der Waals surface area contributed by atoms with E-state index in [-0.39, 0.29) is 49.9 Å². The maximum absolute atomic E-state index is 15.9. The molecule has 83 heavy (non-hydrogen) atoms. The summed E-state index contributed by atoms with van der Waals surface area (Å²) in [5.41, 5.74) is -0.501. The number of carbonyl (C=O) groups excluding carboxylic acids is 7. The van der Waals surface area contributed by atoms with Crippen molar-refractivity contribution in [3.63, 3.8) is 0 Å². The zero-order valence-electron chi connectivity index (χ0n) is 50.0. The van der Waals surface area contributed by atoms with Crippen LogP contribution in [0.2, 0.25) is 0 Å². The van der Waals surface area contributed by atoms with E-state index in [1.54, 1.807) is 12.1 Å². The second-order valence-corrected chi connectivity index (χ2v) is 24.5. The Kier molecular flexibility index (Phi) is 23.6. The predicted molar refractivity (Wildman–Crippen MR) is 301 cm³/mol. The number of rotatable bonds is 30. The number of nitrogens with zero attached hydrogens (tertiary/aromatic N) is 3. The first-order chi connectivity index (χ1) is 39.1. The SMILES string of the molecule is CN[C@@H](CC(C)(C)F)C(=O)O[C@H](Cc1ccc(C2CCOCC2)cc1)C(=O)N(C)[C@@H](CC1CC1)C(=O)O[C@H](C)C(=O)N(C)[C@@H](CC(C)(C)F)C(=O)O[C@H](Cc1ccc(C2CCOCC2)cc1)C(=O)N(C)[C@@H](CC1CC1)C(=O)O[C@H](C)C(=O)O. The number of hydrogen-bond donors (Lipinski definition) is 2. The molecule has 21 heteroatoms. The number of carboxylic acid groups (broad SMARTS) is 1. The van der Waals surface area contributed by atoms with Crippen molar-refractivity contribution in [3.8, 4) is 0 Å². The number of carbonyl (C=O) groups is 8. The van der Waals surface area contributed by atoms with Crippen molar-refractivity contribution in [2.75, 3.05) is 54.6 Å². The summed E-state index contributed by atoms with van der Waals surface area (Å²) in [4.78, 5) is 115. The highest BCUT2D eigenvalue weighted by Gasteiger charge is 2.44. The van der Waals surface area contributed by atoms with Gasteiger partial charge in [-0.15, -0.1) is 0 Å². The van der Waals surface area contributed by atoms with Gasteiger partial charge in [0.05, 0.1) is 0 Å². The summed E-state index contributed by atoms with van der Waals surface area (Å²) in [6.45, 7) is 10.0. The number of carboxylic acids is 1. The average Bonchev–Trinajstić information content (AvgIpc) is 4.52. The zero-order chi connectivity index (χ0) is 60.9. The molecule has 2 saturated heterocycles.